The number of carbonyl (C=O) groups is 2. The molecule has 1 amide bonds. The minimum atomic E-state index is -3.33. The van der Waals surface area contributed by atoms with Crippen LogP contribution >= 0.6 is 23.1 Å². The molecule has 2 N–H and O–H groups in total. The minimum absolute atomic E-state index is 0.190. The van der Waals surface area contributed by atoms with E-state index in [2.05, 4.69) is 10.3 Å². The number of amides is 1. The van der Waals surface area contributed by atoms with Gasteiger partial charge in [-0.1, -0.05) is 49.6 Å². The topological polar surface area (TPSA) is 113 Å². The lowest BCUT2D eigenvalue weighted by Crippen LogP contribution is -2.41. The normalized spacial score (nSPS) is 16.8. The Morgan fingerprint density at radius 3 is 2.47 bits per heavy atom. The number of nitrogens with one attached hydrogen (secondary N) is 1. The van der Waals surface area contributed by atoms with E-state index in [0.717, 1.165) is 43.7 Å². The summed E-state index contributed by atoms with van der Waals surface area (Å²) >= 11 is 2.35. The van der Waals surface area contributed by atoms with Crippen molar-refractivity contribution in [3.05, 3.63) is 41.5 Å². The Kier molecular flexibility index (Phi) is 7.54. The standard InChI is InChI=1S/C20H24N2O5S3/c1-30(26,27)15-8-6-14(7-9-15)16(10-13-4-2-3-5-13)18(23)22-19(20(24)25)29-17-11-21-12-28-17/h6-9,11-13,16,19H,2-5,10H2,1H3,(H,22,23)(H,24,25). The molecule has 0 spiro atoms. The summed E-state index contributed by atoms with van der Waals surface area (Å²) in [6.07, 6.45) is 7.67. The lowest BCUT2D eigenvalue weighted by Gasteiger charge is -2.23. The minimum Gasteiger partial charge on any atom is -0.479 e. The first kappa shape index (κ1) is 22.8. The van der Waals surface area contributed by atoms with Crippen LogP contribution in [0.25, 0.3) is 0 Å². The maximum absolute atomic E-state index is 13.1. The lowest BCUT2D eigenvalue weighted by molar-refractivity contribution is -0.139. The molecular formula is C20H24N2O5S3. The third-order valence-corrected chi connectivity index (χ3v) is 8.38. The SMILES string of the molecule is CS(=O)(=O)c1ccc(C(CC2CCCC2)C(=O)NC(Sc2cncs2)C(=O)O)cc1. The number of thiazole rings is 1. The molecule has 10 heteroatoms. The average Bonchev–Trinajstić information content (AvgIpc) is 3.39. The van der Waals surface area contributed by atoms with Crippen LogP contribution < -0.4 is 5.32 Å². The summed E-state index contributed by atoms with van der Waals surface area (Å²) in [5, 5.41) is 11.1. The average molecular weight is 469 g/mol. The fourth-order valence-electron chi connectivity index (χ4n) is 3.67. The van der Waals surface area contributed by atoms with E-state index < -0.39 is 27.1 Å². The van der Waals surface area contributed by atoms with Crippen molar-refractivity contribution < 1.29 is 23.1 Å². The number of rotatable bonds is 9. The zero-order chi connectivity index (χ0) is 21.7. The van der Waals surface area contributed by atoms with Crippen molar-refractivity contribution in [1.82, 2.24) is 10.3 Å². The highest BCUT2D eigenvalue weighted by atomic mass is 32.2. The van der Waals surface area contributed by atoms with Crippen LogP contribution in [0.4, 0.5) is 0 Å². The number of benzene rings is 1. The zero-order valence-electron chi connectivity index (χ0n) is 16.5. The fourth-order valence-corrected chi connectivity index (χ4v) is 5.92. The van der Waals surface area contributed by atoms with E-state index in [4.69, 9.17) is 0 Å². The molecule has 1 aromatic heterocycles. The van der Waals surface area contributed by atoms with Crippen LogP contribution in [0.2, 0.25) is 0 Å². The van der Waals surface area contributed by atoms with Gasteiger partial charge in [-0.3, -0.25) is 9.78 Å². The molecule has 3 rings (SSSR count). The molecule has 0 saturated heterocycles. The third kappa shape index (κ3) is 6.05. The van der Waals surface area contributed by atoms with Crippen molar-refractivity contribution in [3.63, 3.8) is 0 Å². The van der Waals surface area contributed by atoms with E-state index >= 15 is 0 Å². The van der Waals surface area contributed by atoms with Crippen LogP contribution in [0, 0.1) is 5.92 Å². The molecule has 0 aliphatic heterocycles. The Bertz CT molecular complexity index is 968. The maximum Gasteiger partial charge on any atom is 0.337 e. The van der Waals surface area contributed by atoms with Gasteiger partial charge in [0.1, 0.15) is 0 Å². The summed E-state index contributed by atoms with van der Waals surface area (Å²) in [6.45, 7) is 0. The second-order valence-electron chi connectivity index (χ2n) is 7.45. The Morgan fingerprint density at radius 1 is 1.27 bits per heavy atom. The number of aliphatic carboxylic acids is 1. The number of carbonyl (C=O) groups excluding carboxylic acids is 1. The smallest absolute Gasteiger partial charge is 0.337 e. The number of carboxylic acids is 1. The van der Waals surface area contributed by atoms with Gasteiger partial charge in [0, 0.05) is 6.26 Å². The molecule has 1 fully saturated rings. The van der Waals surface area contributed by atoms with Gasteiger partial charge in [-0.2, -0.15) is 0 Å². The van der Waals surface area contributed by atoms with Gasteiger partial charge in [-0.25, -0.2) is 13.2 Å². The first-order valence-electron chi connectivity index (χ1n) is 9.62. The predicted octanol–water partition coefficient (Wildman–Crippen LogP) is 3.53. The lowest BCUT2D eigenvalue weighted by atomic mass is 9.87. The molecule has 2 atom stereocenters. The monoisotopic (exact) mass is 468 g/mol. The molecule has 0 bridgehead atoms. The molecule has 1 aromatic carbocycles. The van der Waals surface area contributed by atoms with Gasteiger partial charge in [0.2, 0.25) is 5.91 Å². The molecule has 1 heterocycles. The number of nitrogens with zero attached hydrogens (tertiary/aromatic N) is 1. The molecule has 30 heavy (non-hydrogen) atoms. The number of hydrogen-bond donors (Lipinski definition) is 2. The van der Waals surface area contributed by atoms with Gasteiger partial charge >= 0.3 is 5.97 Å². The molecule has 162 valence electrons. The van der Waals surface area contributed by atoms with Crippen LogP contribution in [-0.2, 0) is 19.4 Å². The molecule has 1 saturated carbocycles. The van der Waals surface area contributed by atoms with Gasteiger partial charge < -0.3 is 10.4 Å². The number of thioether (sulfide) groups is 1. The maximum atomic E-state index is 13.1. The number of carboxylic acid groups (broad SMARTS) is 1. The third-order valence-electron chi connectivity index (χ3n) is 5.21. The van der Waals surface area contributed by atoms with Gasteiger partial charge in [0.15, 0.2) is 15.2 Å². The highest BCUT2D eigenvalue weighted by Gasteiger charge is 2.30. The summed E-state index contributed by atoms with van der Waals surface area (Å²) in [6, 6.07) is 6.31. The van der Waals surface area contributed by atoms with E-state index in [-0.39, 0.29) is 10.8 Å². The van der Waals surface area contributed by atoms with Gasteiger partial charge in [-0.05, 0) is 30.0 Å². The van der Waals surface area contributed by atoms with Crippen molar-refractivity contribution >= 4 is 44.8 Å². The quantitative estimate of drug-likeness (QED) is 0.427. The molecule has 1 aliphatic rings. The number of sulfone groups is 1. The molecule has 0 radical (unpaired) electrons. The second kappa shape index (κ2) is 9.93. The van der Waals surface area contributed by atoms with Crippen molar-refractivity contribution in [2.45, 2.75) is 52.5 Å². The first-order chi connectivity index (χ1) is 14.2. The van der Waals surface area contributed by atoms with E-state index in [1.807, 2.05) is 0 Å². The summed E-state index contributed by atoms with van der Waals surface area (Å²) in [5.41, 5.74) is 2.30. The Labute approximate surface area is 184 Å². The number of aromatic nitrogens is 1. The summed E-state index contributed by atoms with van der Waals surface area (Å²) in [7, 11) is -3.33. The molecule has 1 aliphatic carbocycles. The second-order valence-corrected chi connectivity index (χ2v) is 11.8. The Hall–Kier alpha value is -1.91. The van der Waals surface area contributed by atoms with Gasteiger partial charge in [0.25, 0.3) is 0 Å². The molecule has 2 aromatic rings. The summed E-state index contributed by atoms with van der Waals surface area (Å²) in [5.74, 6) is -1.63. The predicted molar refractivity (Wildman–Crippen MR) is 116 cm³/mol. The van der Waals surface area contributed by atoms with E-state index in [0.29, 0.717) is 22.1 Å². The van der Waals surface area contributed by atoms with E-state index in [1.165, 1.54) is 23.5 Å². The van der Waals surface area contributed by atoms with Gasteiger partial charge in [0.05, 0.1) is 26.7 Å². The molecule has 2 unspecified atom stereocenters. The summed E-state index contributed by atoms with van der Waals surface area (Å²) in [4.78, 5) is 29.0. The van der Waals surface area contributed by atoms with Crippen LogP contribution in [0.15, 0.2) is 45.1 Å². The highest BCUT2D eigenvalue weighted by molar-refractivity contribution is 8.02. The van der Waals surface area contributed by atoms with Gasteiger partial charge in [-0.15, -0.1) is 11.3 Å². The Morgan fingerprint density at radius 2 is 1.93 bits per heavy atom. The molecular weight excluding hydrogens is 444 g/mol. The van der Waals surface area contributed by atoms with Crippen molar-refractivity contribution in [2.24, 2.45) is 5.92 Å². The fraction of sp³-hybridized carbons (Fsp3) is 0.450. The summed E-state index contributed by atoms with van der Waals surface area (Å²) < 4.78 is 24.2. The zero-order valence-corrected chi connectivity index (χ0v) is 18.9. The number of hydrogen-bond acceptors (Lipinski definition) is 7. The van der Waals surface area contributed by atoms with E-state index in [9.17, 15) is 23.1 Å². The van der Waals surface area contributed by atoms with Crippen molar-refractivity contribution in [3.8, 4) is 0 Å². The van der Waals surface area contributed by atoms with E-state index in [1.54, 1.807) is 23.8 Å². The Balaban J connectivity index is 1.81. The van der Waals surface area contributed by atoms with Crippen LogP contribution in [-0.4, -0.2) is 42.0 Å². The van der Waals surface area contributed by atoms with Crippen molar-refractivity contribution in [2.75, 3.05) is 6.26 Å². The highest BCUT2D eigenvalue weighted by Crippen LogP contribution is 2.35. The van der Waals surface area contributed by atoms with Crippen molar-refractivity contribution in [1.29, 1.82) is 0 Å². The van der Waals surface area contributed by atoms with Crippen LogP contribution in [0.3, 0.4) is 0 Å². The van der Waals surface area contributed by atoms with Crippen LogP contribution in [0.1, 0.15) is 43.6 Å². The van der Waals surface area contributed by atoms with Crippen LogP contribution in [0.5, 0.6) is 0 Å². The molecule has 7 nitrogen and oxygen atoms in total. The largest absolute Gasteiger partial charge is 0.479 e. The first-order valence-corrected chi connectivity index (χ1v) is 13.3.